The minimum atomic E-state index is -4.76. The quantitative estimate of drug-likeness (QED) is 0.703. The molecular weight excluding hydrogens is 197 g/mol. The van der Waals surface area contributed by atoms with E-state index in [9.17, 15) is 18.0 Å². The SMILES string of the molecule is O=C(NCC1CCCNC1)C(F)(F)F. The second-order valence-electron chi connectivity index (χ2n) is 3.42. The van der Waals surface area contributed by atoms with Crippen LogP contribution in [0.3, 0.4) is 0 Å². The Labute approximate surface area is 80.0 Å². The van der Waals surface area contributed by atoms with E-state index >= 15 is 0 Å². The molecule has 0 radical (unpaired) electrons. The molecule has 6 heteroatoms. The third-order valence-electron chi connectivity index (χ3n) is 2.21. The predicted octanol–water partition coefficient (Wildman–Crippen LogP) is 0.664. The van der Waals surface area contributed by atoms with Crippen molar-refractivity contribution in [2.45, 2.75) is 19.0 Å². The number of amides is 1. The molecule has 1 fully saturated rings. The molecule has 14 heavy (non-hydrogen) atoms. The molecule has 1 atom stereocenters. The molecule has 1 aliphatic heterocycles. The number of alkyl halides is 3. The fraction of sp³-hybridized carbons (Fsp3) is 0.875. The van der Waals surface area contributed by atoms with E-state index in [1.807, 2.05) is 5.32 Å². The monoisotopic (exact) mass is 210 g/mol. The molecule has 0 bridgehead atoms. The highest BCUT2D eigenvalue weighted by molar-refractivity contribution is 5.81. The number of rotatable bonds is 2. The molecule has 2 N–H and O–H groups in total. The molecular formula is C8H13F3N2O. The first kappa shape index (κ1) is 11.3. The maximum absolute atomic E-state index is 11.8. The summed E-state index contributed by atoms with van der Waals surface area (Å²) >= 11 is 0. The minimum Gasteiger partial charge on any atom is -0.348 e. The summed E-state index contributed by atoms with van der Waals surface area (Å²) in [5.41, 5.74) is 0. The van der Waals surface area contributed by atoms with Crippen molar-refractivity contribution in [2.75, 3.05) is 19.6 Å². The van der Waals surface area contributed by atoms with E-state index in [1.54, 1.807) is 0 Å². The van der Waals surface area contributed by atoms with Crippen LogP contribution in [-0.2, 0) is 4.79 Å². The standard InChI is InChI=1S/C8H13F3N2O/c9-8(10,11)7(14)13-5-6-2-1-3-12-4-6/h6,12H,1-5H2,(H,13,14). The van der Waals surface area contributed by atoms with E-state index in [0.717, 1.165) is 19.4 Å². The average Bonchev–Trinajstić information content (AvgIpc) is 2.14. The van der Waals surface area contributed by atoms with E-state index in [-0.39, 0.29) is 12.5 Å². The number of carbonyl (C=O) groups is 1. The molecule has 0 saturated carbocycles. The number of nitrogens with one attached hydrogen (secondary N) is 2. The second kappa shape index (κ2) is 4.63. The van der Waals surface area contributed by atoms with Gasteiger partial charge in [0.05, 0.1) is 0 Å². The molecule has 0 aliphatic carbocycles. The third kappa shape index (κ3) is 3.53. The van der Waals surface area contributed by atoms with Crippen LogP contribution < -0.4 is 10.6 Å². The number of piperidine rings is 1. The lowest BCUT2D eigenvalue weighted by Gasteiger charge is -2.23. The summed E-state index contributed by atoms with van der Waals surface area (Å²) in [7, 11) is 0. The summed E-state index contributed by atoms with van der Waals surface area (Å²) < 4.78 is 35.3. The zero-order chi connectivity index (χ0) is 10.6. The molecule has 3 nitrogen and oxygen atoms in total. The maximum atomic E-state index is 11.8. The molecule has 0 aromatic carbocycles. The number of halogens is 3. The van der Waals surface area contributed by atoms with Gasteiger partial charge in [0, 0.05) is 6.54 Å². The van der Waals surface area contributed by atoms with Gasteiger partial charge in [-0.05, 0) is 31.8 Å². The fourth-order valence-corrected chi connectivity index (χ4v) is 1.44. The van der Waals surface area contributed by atoms with E-state index in [0.29, 0.717) is 6.54 Å². The van der Waals surface area contributed by atoms with Gasteiger partial charge in [0.2, 0.25) is 0 Å². The first-order valence-electron chi connectivity index (χ1n) is 4.56. The summed E-state index contributed by atoms with van der Waals surface area (Å²) in [6.45, 7) is 1.69. The van der Waals surface area contributed by atoms with Crippen molar-refractivity contribution in [1.29, 1.82) is 0 Å². The van der Waals surface area contributed by atoms with Crippen LogP contribution in [0.1, 0.15) is 12.8 Å². The average molecular weight is 210 g/mol. The van der Waals surface area contributed by atoms with Crippen molar-refractivity contribution < 1.29 is 18.0 Å². The van der Waals surface area contributed by atoms with Crippen molar-refractivity contribution >= 4 is 5.91 Å². The molecule has 1 aliphatic rings. The van der Waals surface area contributed by atoms with Gasteiger partial charge >= 0.3 is 12.1 Å². The van der Waals surface area contributed by atoms with Crippen molar-refractivity contribution in [1.82, 2.24) is 10.6 Å². The van der Waals surface area contributed by atoms with Crippen molar-refractivity contribution in [2.24, 2.45) is 5.92 Å². The van der Waals surface area contributed by atoms with Crippen molar-refractivity contribution in [3.8, 4) is 0 Å². The Morgan fingerprint density at radius 1 is 1.50 bits per heavy atom. The molecule has 0 spiro atoms. The van der Waals surface area contributed by atoms with Gasteiger partial charge in [0.1, 0.15) is 0 Å². The lowest BCUT2D eigenvalue weighted by Crippen LogP contribution is -2.42. The van der Waals surface area contributed by atoms with Gasteiger partial charge in [-0.2, -0.15) is 13.2 Å². The van der Waals surface area contributed by atoms with Crippen LogP contribution in [0.2, 0.25) is 0 Å². The van der Waals surface area contributed by atoms with Gasteiger partial charge in [-0.25, -0.2) is 0 Å². The normalized spacial score (nSPS) is 23.2. The Balaban J connectivity index is 2.22. The van der Waals surface area contributed by atoms with Gasteiger partial charge < -0.3 is 10.6 Å². The van der Waals surface area contributed by atoms with Crippen LogP contribution in [0.25, 0.3) is 0 Å². The number of carbonyl (C=O) groups excluding carboxylic acids is 1. The highest BCUT2D eigenvalue weighted by Crippen LogP contribution is 2.15. The molecule has 1 heterocycles. The number of hydrogen-bond donors (Lipinski definition) is 2. The smallest absolute Gasteiger partial charge is 0.348 e. The van der Waals surface area contributed by atoms with E-state index in [2.05, 4.69) is 5.32 Å². The van der Waals surface area contributed by atoms with Crippen LogP contribution in [-0.4, -0.2) is 31.7 Å². The summed E-state index contributed by atoms with van der Waals surface area (Å²) in [6, 6.07) is 0. The second-order valence-corrected chi connectivity index (χ2v) is 3.42. The topological polar surface area (TPSA) is 41.1 Å². The minimum absolute atomic E-state index is 0.103. The molecule has 0 aromatic heterocycles. The van der Waals surface area contributed by atoms with Gasteiger partial charge in [-0.15, -0.1) is 0 Å². The fourth-order valence-electron chi connectivity index (χ4n) is 1.44. The first-order chi connectivity index (χ1) is 6.50. The first-order valence-corrected chi connectivity index (χ1v) is 4.56. The van der Waals surface area contributed by atoms with Crippen molar-refractivity contribution in [3.05, 3.63) is 0 Å². The zero-order valence-corrected chi connectivity index (χ0v) is 7.66. The van der Waals surface area contributed by atoms with Gasteiger partial charge in [0.25, 0.3) is 0 Å². The van der Waals surface area contributed by atoms with Crippen LogP contribution in [0.15, 0.2) is 0 Å². The Morgan fingerprint density at radius 2 is 2.21 bits per heavy atom. The van der Waals surface area contributed by atoms with E-state index in [4.69, 9.17) is 0 Å². The van der Waals surface area contributed by atoms with Crippen LogP contribution in [0.4, 0.5) is 13.2 Å². The highest BCUT2D eigenvalue weighted by atomic mass is 19.4. The Hall–Kier alpha value is -0.780. The highest BCUT2D eigenvalue weighted by Gasteiger charge is 2.38. The molecule has 1 rings (SSSR count). The van der Waals surface area contributed by atoms with Crippen LogP contribution >= 0.6 is 0 Å². The van der Waals surface area contributed by atoms with Crippen LogP contribution in [0.5, 0.6) is 0 Å². The maximum Gasteiger partial charge on any atom is 0.471 e. The Kier molecular flexibility index (Phi) is 3.74. The van der Waals surface area contributed by atoms with E-state index in [1.165, 1.54) is 0 Å². The van der Waals surface area contributed by atoms with Gasteiger partial charge in [-0.3, -0.25) is 4.79 Å². The van der Waals surface area contributed by atoms with Gasteiger partial charge in [0.15, 0.2) is 0 Å². The summed E-state index contributed by atoms with van der Waals surface area (Å²) in [5.74, 6) is -1.72. The zero-order valence-electron chi connectivity index (χ0n) is 7.66. The molecule has 1 amide bonds. The largest absolute Gasteiger partial charge is 0.471 e. The third-order valence-corrected chi connectivity index (χ3v) is 2.21. The summed E-state index contributed by atoms with van der Waals surface area (Å²) in [5, 5.41) is 4.95. The molecule has 1 unspecified atom stereocenters. The van der Waals surface area contributed by atoms with Gasteiger partial charge in [-0.1, -0.05) is 0 Å². The Morgan fingerprint density at radius 3 is 2.71 bits per heavy atom. The van der Waals surface area contributed by atoms with Crippen LogP contribution in [0, 0.1) is 5.92 Å². The van der Waals surface area contributed by atoms with E-state index < -0.39 is 12.1 Å². The summed E-state index contributed by atoms with van der Waals surface area (Å²) in [4.78, 5) is 10.5. The number of hydrogen-bond acceptors (Lipinski definition) is 2. The molecule has 82 valence electrons. The summed E-state index contributed by atoms with van der Waals surface area (Å²) in [6.07, 6.45) is -2.94. The van der Waals surface area contributed by atoms with Crippen molar-refractivity contribution in [3.63, 3.8) is 0 Å². The molecule has 0 aromatic rings. The molecule has 1 saturated heterocycles. The lowest BCUT2D eigenvalue weighted by atomic mass is 10.00. The predicted molar refractivity (Wildman–Crippen MR) is 44.7 cm³/mol. The Bertz CT molecular complexity index is 199. The lowest BCUT2D eigenvalue weighted by molar-refractivity contribution is -0.173.